The van der Waals surface area contributed by atoms with E-state index < -0.39 is 10.0 Å². The van der Waals surface area contributed by atoms with Crippen LogP contribution in [0.4, 0.5) is 0 Å². The van der Waals surface area contributed by atoms with E-state index in [2.05, 4.69) is 31.1 Å². The maximum absolute atomic E-state index is 12.7. The number of nitrogens with one attached hydrogen (secondary N) is 1. The van der Waals surface area contributed by atoms with Crippen LogP contribution in [0.2, 0.25) is 0 Å². The number of hydrogen-bond acceptors (Lipinski definition) is 3. The first-order chi connectivity index (χ1) is 13.3. The van der Waals surface area contributed by atoms with Crippen molar-refractivity contribution in [2.75, 3.05) is 19.6 Å². The fourth-order valence-corrected chi connectivity index (χ4v) is 4.99. The molecule has 2 rings (SSSR count). The second-order valence-electron chi connectivity index (χ2n) is 8.26. The van der Waals surface area contributed by atoms with Crippen molar-refractivity contribution < 1.29 is 8.42 Å². The molecule has 1 unspecified atom stereocenters. The molecule has 1 aromatic rings. The molecule has 1 aliphatic rings. The van der Waals surface area contributed by atoms with Gasteiger partial charge in [0.05, 0.1) is 4.90 Å². The van der Waals surface area contributed by atoms with Crippen LogP contribution in [0.1, 0.15) is 52.9 Å². The molecule has 0 spiro atoms. The Hall–Kier alpha value is -1.60. The molecule has 0 bridgehead atoms. The first-order valence-electron chi connectivity index (χ1n) is 10.4. The minimum atomic E-state index is -3.39. The summed E-state index contributed by atoms with van der Waals surface area (Å²) in [5.41, 5.74) is 6.03. The summed E-state index contributed by atoms with van der Waals surface area (Å²) in [7, 11) is -3.39. The molecule has 0 saturated carbocycles. The van der Waals surface area contributed by atoms with Crippen molar-refractivity contribution in [2.45, 2.75) is 63.8 Å². The zero-order valence-electron chi connectivity index (χ0n) is 17.5. The summed E-state index contributed by atoms with van der Waals surface area (Å²) in [4.78, 5) is 4.86. The van der Waals surface area contributed by atoms with E-state index in [0.29, 0.717) is 42.4 Å². The van der Waals surface area contributed by atoms with Gasteiger partial charge < -0.3 is 11.1 Å². The van der Waals surface area contributed by atoms with Crippen molar-refractivity contribution >= 4 is 16.0 Å². The van der Waals surface area contributed by atoms with Gasteiger partial charge in [-0.25, -0.2) is 8.42 Å². The van der Waals surface area contributed by atoms with E-state index in [4.69, 9.17) is 5.73 Å². The monoisotopic (exact) mass is 408 g/mol. The fraction of sp³-hybridized carbons (Fsp3) is 0.667. The smallest absolute Gasteiger partial charge is 0.243 e. The van der Waals surface area contributed by atoms with E-state index >= 15 is 0 Å². The predicted molar refractivity (Wildman–Crippen MR) is 116 cm³/mol. The van der Waals surface area contributed by atoms with Crippen molar-refractivity contribution in [3.05, 3.63) is 30.3 Å². The SMILES string of the molecule is CC(C)CCCC(C)NC(N)=NCC1CCN(S(=O)(=O)c2ccccc2)CC1. The molecule has 1 atom stereocenters. The predicted octanol–water partition coefficient (Wildman–Crippen LogP) is 3.21. The Labute approximate surface area is 170 Å². The molecule has 0 aliphatic carbocycles. The van der Waals surface area contributed by atoms with Crippen molar-refractivity contribution in [3.63, 3.8) is 0 Å². The van der Waals surface area contributed by atoms with Crippen LogP contribution in [0.25, 0.3) is 0 Å². The molecule has 1 aliphatic heterocycles. The largest absolute Gasteiger partial charge is 0.370 e. The number of hydrogen-bond donors (Lipinski definition) is 2. The van der Waals surface area contributed by atoms with Crippen molar-refractivity contribution in [3.8, 4) is 0 Å². The Morgan fingerprint density at radius 1 is 1.18 bits per heavy atom. The maximum Gasteiger partial charge on any atom is 0.243 e. The lowest BCUT2D eigenvalue weighted by Gasteiger charge is -2.30. The van der Waals surface area contributed by atoms with Crippen molar-refractivity contribution in [1.82, 2.24) is 9.62 Å². The van der Waals surface area contributed by atoms with Crippen LogP contribution in [0, 0.1) is 11.8 Å². The van der Waals surface area contributed by atoms with Crippen LogP contribution in [-0.2, 0) is 10.0 Å². The average molecular weight is 409 g/mol. The quantitative estimate of drug-likeness (QED) is 0.485. The topological polar surface area (TPSA) is 87.8 Å². The van der Waals surface area contributed by atoms with E-state index in [9.17, 15) is 8.42 Å². The number of aliphatic imine (C=N–C) groups is 1. The van der Waals surface area contributed by atoms with Gasteiger partial charge in [-0.1, -0.05) is 44.9 Å². The lowest BCUT2D eigenvalue weighted by molar-refractivity contribution is 0.278. The third-order valence-corrected chi connectivity index (χ3v) is 7.20. The lowest BCUT2D eigenvalue weighted by Crippen LogP contribution is -2.40. The second kappa shape index (κ2) is 10.8. The summed E-state index contributed by atoms with van der Waals surface area (Å²) in [6.45, 7) is 8.34. The number of nitrogens with two attached hydrogens (primary N) is 1. The van der Waals surface area contributed by atoms with Gasteiger partial charge in [-0.05, 0) is 50.2 Å². The van der Waals surface area contributed by atoms with Crippen LogP contribution in [-0.4, -0.2) is 44.4 Å². The third-order valence-electron chi connectivity index (χ3n) is 5.29. The highest BCUT2D eigenvalue weighted by Gasteiger charge is 2.29. The molecule has 28 heavy (non-hydrogen) atoms. The van der Waals surface area contributed by atoms with Gasteiger partial charge in [0.2, 0.25) is 10.0 Å². The highest BCUT2D eigenvalue weighted by molar-refractivity contribution is 7.89. The Kier molecular flexibility index (Phi) is 8.76. The Morgan fingerprint density at radius 3 is 2.43 bits per heavy atom. The third kappa shape index (κ3) is 7.09. The summed E-state index contributed by atoms with van der Waals surface area (Å²) in [5, 5.41) is 3.27. The molecule has 1 saturated heterocycles. The molecule has 0 radical (unpaired) electrons. The summed E-state index contributed by atoms with van der Waals surface area (Å²) in [5.74, 6) is 1.60. The fourth-order valence-electron chi connectivity index (χ4n) is 3.50. The first-order valence-corrected chi connectivity index (χ1v) is 11.8. The number of piperidine rings is 1. The molecule has 0 aromatic heterocycles. The van der Waals surface area contributed by atoms with Gasteiger partial charge in [0.1, 0.15) is 0 Å². The molecule has 1 heterocycles. The zero-order valence-corrected chi connectivity index (χ0v) is 18.3. The van der Waals surface area contributed by atoms with Crippen LogP contribution in [0.5, 0.6) is 0 Å². The van der Waals surface area contributed by atoms with Crippen LogP contribution in [0.3, 0.4) is 0 Å². The van der Waals surface area contributed by atoms with Gasteiger partial charge in [-0.15, -0.1) is 0 Å². The Bertz CT molecular complexity index is 711. The van der Waals surface area contributed by atoms with Gasteiger partial charge in [-0.2, -0.15) is 4.31 Å². The first kappa shape index (κ1) is 22.7. The molecule has 1 aromatic carbocycles. The summed E-state index contributed by atoms with van der Waals surface area (Å²) in [6.07, 6.45) is 5.13. The van der Waals surface area contributed by atoms with Gasteiger partial charge in [0, 0.05) is 25.7 Å². The van der Waals surface area contributed by atoms with E-state index in [1.54, 1.807) is 28.6 Å². The van der Waals surface area contributed by atoms with Gasteiger partial charge in [0.15, 0.2) is 5.96 Å². The van der Waals surface area contributed by atoms with Crippen LogP contribution in [0.15, 0.2) is 40.2 Å². The number of rotatable bonds is 9. The molecular formula is C21H36N4O2S. The van der Waals surface area contributed by atoms with E-state index in [1.807, 2.05) is 6.07 Å². The van der Waals surface area contributed by atoms with Gasteiger partial charge in [0.25, 0.3) is 0 Å². The molecule has 0 amide bonds. The highest BCUT2D eigenvalue weighted by atomic mass is 32.2. The molecule has 1 fully saturated rings. The Morgan fingerprint density at radius 2 is 1.82 bits per heavy atom. The Balaban J connectivity index is 1.75. The standard InChI is InChI=1S/C21H36N4O2S/c1-17(2)8-7-9-18(3)24-21(22)23-16-19-12-14-25(15-13-19)28(26,27)20-10-5-4-6-11-20/h4-6,10-11,17-19H,7-9,12-16H2,1-3H3,(H3,22,23,24). The van der Waals surface area contributed by atoms with Crippen LogP contribution < -0.4 is 11.1 Å². The minimum Gasteiger partial charge on any atom is -0.370 e. The zero-order chi connectivity index (χ0) is 20.6. The van der Waals surface area contributed by atoms with E-state index in [0.717, 1.165) is 25.2 Å². The minimum absolute atomic E-state index is 0.320. The molecular weight excluding hydrogens is 372 g/mol. The van der Waals surface area contributed by atoms with Gasteiger partial charge >= 0.3 is 0 Å². The molecule has 6 nitrogen and oxygen atoms in total. The number of guanidine groups is 1. The maximum atomic E-state index is 12.7. The van der Waals surface area contributed by atoms with Gasteiger partial charge in [-0.3, -0.25) is 4.99 Å². The second-order valence-corrected chi connectivity index (χ2v) is 10.2. The number of sulfonamides is 1. The number of benzene rings is 1. The van der Waals surface area contributed by atoms with Crippen LogP contribution >= 0.6 is 0 Å². The lowest BCUT2D eigenvalue weighted by atomic mass is 9.98. The normalized spacial score (nSPS) is 18.4. The van der Waals surface area contributed by atoms with E-state index in [1.165, 1.54) is 12.8 Å². The number of nitrogens with zero attached hydrogens (tertiary/aromatic N) is 2. The van der Waals surface area contributed by atoms with E-state index in [-0.39, 0.29) is 0 Å². The summed E-state index contributed by atoms with van der Waals surface area (Å²) < 4.78 is 26.9. The summed E-state index contributed by atoms with van der Waals surface area (Å²) in [6, 6.07) is 8.97. The summed E-state index contributed by atoms with van der Waals surface area (Å²) >= 11 is 0. The molecule has 7 heteroatoms. The molecule has 3 N–H and O–H groups in total. The highest BCUT2D eigenvalue weighted by Crippen LogP contribution is 2.23. The van der Waals surface area contributed by atoms with Crippen molar-refractivity contribution in [1.29, 1.82) is 0 Å². The average Bonchev–Trinajstić information content (AvgIpc) is 2.67. The van der Waals surface area contributed by atoms with Crippen molar-refractivity contribution in [2.24, 2.45) is 22.6 Å². The molecule has 158 valence electrons.